The largest absolute Gasteiger partial charge is 0.347 e. The highest BCUT2D eigenvalue weighted by Gasteiger charge is 2.12. The number of pyridine rings is 1. The van der Waals surface area contributed by atoms with Crippen LogP contribution in [0.5, 0.6) is 0 Å². The number of rotatable bonds is 6. The van der Waals surface area contributed by atoms with Crippen LogP contribution in [0.2, 0.25) is 0 Å². The first kappa shape index (κ1) is 17.8. The summed E-state index contributed by atoms with van der Waals surface area (Å²) in [6, 6.07) is 13.6. The first-order chi connectivity index (χ1) is 13.2. The number of aryl methyl sites for hydroxylation is 1. The van der Waals surface area contributed by atoms with Crippen molar-refractivity contribution in [2.75, 3.05) is 0 Å². The van der Waals surface area contributed by atoms with Crippen molar-refractivity contribution < 1.29 is 4.79 Å². The summed E-state index contributed by atoms with van der Waals surface area (Å²) < 4.78 is 2.01. The molecule has 0 aliphatic carbocycles. The van der Waals surface area contributed by atoms with Crippen molar-refractivity contribution in [3.63, 3.8) is 0 Å². The summed E-state index contributed by atoms with van der Waals surface area (Å²) in [6.07, 6.45) is 5.82. The highest BCUT2D eigenvalue weighted by atomic mass is 32.2. The lowest BCUT2D eigenvalue weighted by Gasteiger charge is -2.08. The lowest BCUT2D eigenvalue weighted by Crippen LogP contribution is -2.22. The Kier molecular flexibility index (Phi) is 5.22. The monoisotopic (exact) mass is 394 g/mol. The number of nitrogens with one attached hydrogen (secondary N) is 1. The molecular weight excluding hydrogens is 376 g/mol. The molecule has 7 heteroatoms. The summed E-state index contributed by atoms with van der Waals surface area (Å²) in [5.41, 5.74) is 2.60. The van der Waals surface area contributed by atoms with Crippen LogP contribution >= 0.6 is 23.1 Å². The Labute approximate surface area is 165 Å². The van der Waals surface area contributed by atoms with E-state index in [4.69, 9.17) is 0 Å². The summed E-state index contributed by atoms with van der Waals surface area (Å²) in [4.78, 5) is 23.5. The molecule has 0 fully saturated rings. The summed E-state index contributed by atoms with van der Waals surface area (Å²) in [5.74, 6) is 0.638. The van der Waals surface area contributed by atoms with Crippen molar-refractivity contribution in [2.45, 2.75) is 24.1 Å². The Morgan fingerprint density at radius 1 is 1.22 bits per heavy atom. The molecule has 1 N–H and O–H groups in total. The summed E-state index contributed by atoms with van der Waals surface area (Å²) >= 11 is 3.22. The molecule has 0 atom stereocenters. The molecule has 3 aromatic heterocycles. The van der Waals surface area contributed by atoms with Crippen LogP contribution in [0.3, 0.4) is 0 Å². The number of aromatic nitrogens is 3. The van der Waals surface area contributed by atoms with Crippen LogP contribution in [0.15, 0.2) is 66.0 Å². The molecule has 0 unspecified atom stereocenters. The van der Waals surface area contributed by atoms with Crippen molar-refractivity contribution in [1.82, 2.24) is 19.7 Å². The minimum atomic E-state index is -0.0702. The highest BCUT2D eigenvalue weighted by Crippen LogP contribution is 2.26. The third-order valence-electron chi connectivity index (χ3n) is 4.01. The van der Waals surface area contributed by atoms with Gasteiger partial charge in [0.15, 0.2) is 0 Å². The second-order valence-electron chi connectivity index (χ2n) is 6.01. The van der Waals surface area contributed by atoms with Gasteiger partial charge in [-0.25, -0.2) is 9.97 Å². The highest BCUT2D eigenvalue weighted by molar-refractivity contribution is 7.98. The van der Waals surface area contributed by atoms with Crippen LogP contribution in [0.1, 0.15) is 25.9 Å². The fraction of sp³-hybridized carbons (Fsp3) is 0.150. The van der Waals surface area contributed by atoms with Crippen LogP contribution in [-0.4, -0.2) is 20.3 Å². The second-order valence-corrected chi connectivity index (χ2v) is 8.35. The van der Waals surface area contributed by atoms with E-state index in [1.165, 1.54) is 0 Å². The van der Waals surface area contributed by atoms with Crippen molar-refractivity contribution in [3.05, 3.63) is 82.2 Å². The van der Waals surface area contributed by atoms with Crippen LogP contribution in [0.25, 0.3) is 5.65 Å². The Morgan fingerprint density at radius 2 is 2.07 bits per heavy atom. The van der Waals surface area contributed by atoms with Crippen molar-refractivity contribution in [1.29, 1.82) is 0 Å². The van der Waals surface area contributed by atoms with E-state index in [1.807, 2.05) is 72.4 Å². The van der Waals surface area contributed by atoms with Gasteiger partial charge in [-0.15, -0.1) is 23.1 Å². The predicted octanol–water partition coefficient (Wildman–Crippen LogP) is 4.32. The van der Waals surface area contributed by atoms with Gasteiger partial charge in [0.05, 0.1) is 22.8 Å². The van der Waals surface area contributed by atoms with Gasteiger partial charge in [-0.3, -0.25) is 4.79 Å². The minimum absolute atomic E-state index is 0.0702. The van der Waals surface area contributed by atoms with Gasteiger partial charge in [-0.2, -0.15) is 0 Å². The molecule has 5 nitrogen and oxygen atoms in total. The molecule has 0 saturated heterocycles. The van der Waals surface area contributed by atoms with Gasteiger partial charge in [0.2, 0.25) is 0 Å². The van der Waals surface area contributed by atoms with Gasteiger partial charge in [0.25, 0.3) is 5.91 Å². The Bertz CT molecular complexity index is 1050. The standard InChI is InChI=1S/C20H18N4OS2/c1-14-21-10-16(27-14)11-22-20(25)17-6-2-3-7-18(17)26-13-15-12-24-9-5-4-8-19(24)23-15/h2-10,12H,11,13H2,1H3,(H,22,25). The second kappa shape index (κ2) is 7.94. The number of nitrogens with zero attached hydrogens (tertiary/aromatic N) is 3. The minimum Gasteiger partial charge on any atom is -0.347 e. The number of carbonyl (C=O) groups is 1. The molecule has 1 aromatic carbocycles. The zero-order valence-electron chi connectivity index (χ0n) is 14.8. The van der Waals surface area contributed by atoms with Gasteiger partial charge < -0.3 is 9.72 Å². The van der Waals surface area contributed by atoms with E-state index in [-0.39, 0.29) is 5.91 Å². The van der Waals surface area contributed by atoms with Gasteiger partial charge in [0.1, 0.15) is 5.65 Å². The Hall–Kier alpha value is -2.64. The summed E-state index contributed by atoms with van der Waals surface area (Å²) in [7, 11) is 0. The average Bonchev–Trinajstić information content (AvgIpc) is 3.30. The van der Waals surface area contributed by atoms with E-state index >= 15 is 0 Å². The maximum absolute atomic E-state index is 12.6. The molecule has 136 valence electrons. The summed E-state index contributed by atoms with van der Waals surface area (Å²) in [5, 5.41) is 3.99. The predicted molar refractivity (Wildman–Crippen MR) is 109 cm³/mol. The van der Waals surface area contributed by atoms with E-state index < -0.39 is 0 Å². The number of carbonyl (C=O) groups excluding carboxylic acids is 1. The number of fused-ring (bicyclic) bond motifs is 1. The molecule has 4 rings (SSSR count). The third kappa shape index (κ3) is 4.20. The normalized spacial score (nSPS) is 11.0. The van der Waals surface area contributed by atoms with Crippen molar-refractivity contribution in [2.24, 2.45) is 0 Å². The van der Waals surface area contributed by atoms with Crippen molar-refractivity contribution >= 4 is 34.7 Å². The maximum atomic E-state index is 12.6. The fourth-order valence-corrected chi connectivity index (χ4v) is 4.41. The number of thioether (sulfide) groups is 1. The molecule has 0 bridgehead atoms. The Morgan fingerprint density at radius 3 is 2.89 bits per heavy atom. The molecule has 27 heavy (non-hydrogen) atoms. The third-order valence-corrected chi connectivity index (χ3v) is 6.03. The van der Waals surface area contributed by atoms with Gasteiger partial charge in [-0.1, -0.05) is 18.2 Å². The molecule has 0 saturated carbocycles. The Balaban J connectivity index is 1.44. The van der Waals surface area contributed by atoms with Crippen LogP contribution in [-0.2, 0) is 12.3 Å². The number of hydrogen-bond acceptors (Lipinski definition) is 5. The molecule has 0 spiro atoms. The topological polar surface area (TPSA) is 59.3 Å². The number of hydrogen-bond donors (Lipinski definition) is 1. The SMILES string of the molecule is Cc1ncc(CNC(=O)c2ccccc2SCc2cn3ccccc3n2)s1. The zero-order chi connectivity index (χ0) is 18.6. The number of benzene rings is 1. The number of amides is 1. The molecule has 3 heterocycles. The lowest BCUT2D eigenvalue weighted by atomic mass is 10.2. The first-order valence-corrected chi connectivity index (χ1v) is 10.3. The van der Waals surface area contributed by atoms with Crippen molar-refractivity contribution in [3.8, 4) is 0 Å². The average molecular weight is 395 g/mol. The van der Waals surface area contributed by atoms with Gasteiger partial charge >= 0.3 is 0 Å². The maximum Gasteiger partial charge on any atom is 0.252 e. The molecule has 0 aliphatic heterocycles. The molecule has 4 aromatic rings. The molecule has 0 aliphatic rings. The summed E-state index contributed by atoms with van der Waals surface area (Å²) in [6.45, 7) is 2.46. The van der Waals surface area contributed by atoms with Gasteiger partial charge in [0, 0.05) is 34.1 Å². The van der Waals surface area contributed by atoms with E-state index in [0.717, 1.165) is 26.1 Å². The van der Waals surface area contributed by atoms with E-state index in [9.17, 15) is 4.79 Å². The number of imidazole rings is 1. The van der Waals surface area contributed by atoms with E-state index in [0.29, 0.717) is 17.9 Å². The lowest BCUT2D eigenvalue weighted by molar-refractivity contribution is 0.0948. The van der Waals surface area contributed by atoms with Crippen LogP contribution in [0.4, 0.5) is 0 Å². The first-order valence-electron chi connectivity index (χ1n) is 8.53. The zero-order valence-corrected chi connectivity index (χ0v) is 16.4. The van der Waals surface area contributed by atoms with E-state index in [2.05, 4.69) is 15.3 Å². The molecule has 1 amide bonds. The van der Waals surface area contributed by atoms with Gasteiger partial charge in [-0.05, 0) is 31.2 Å². The van der Waals surface area contributed by atoms with Crippen LogP contribution < -0.4 is 5.32 Å². The molecule has 0 radical (unpaired) electrons. The smallest absolute Gasteiger partial charge is 0.252 e. The van der Waals surface area contributed by atoms with E-state index in [1.54, 1.807) is 23.1 Å². The number of thiazole rings is 1. The fourth-order valence-electron chi connectivity index (χ4n) is 2.74. The quantitative estimate of drug-likeness (QED) is 0.495. The van der Waals surface area contributed by atoms with Crippen LogP contribution in [0, 0.1) is 6.92 Å². The molecular formula is C20H18N4OS2.